The summed E-state index contributed by atoms with van der Waals surface area (Å²) >= 11 is 1.25. The third-order valence-corrected chi connectivity index (χ3v) is 4.89. The number of hydrogen-bond donors (Lipinski definition) is 0. The molecular weight excluding hydrogens is 299 g/mol. The van der Waals surface area contributed by atoms with E-state index in [1.165, 1.54) is 50.1 Å². The van der Waals surface area contributed by atoms with Gasteiger partial charge in [-0.1, -0.05) is 0 Å². The Labute approximate surface area is 84.3 Å². The molecule has 0 aromatic heterocycles. The van der Waals surface area contributed by atoms with Gasteiger partial charge in [-0.25, -0.2) is 0 Å². The number of allylic oxidation sites excluding steroid dienone is 4. The van der Waals surface area contributed by atoms with Crippen molar-refractivity contribution in [3.63, 3.8) is 0 Å². The van der Waals surface area contributed by atoms with Crippen molar-refractivity contribution in [3.05, 3.63) is 20.6 Å². The van der Waals surface area contributed by atoms with E-state index in [2.05, 4.69) is 19.9 Å². The average Bonchev–Trinajstić information content (AvgIpc) is 2.31. The van der Waals surface area contributed by atoms with Crippen LogP contribution in [0.1, 0.15) is 39.5 Å². The first-order valence-corrected chi connectivity index (χ1v) is 6.16. The van der Waals surface area contributed by atoms with E-state index in [4.69, 9.17) is 0 Å². The second-order valence-corrected chi connectivity index (χ2v) is 4.99. The van der Waals surface area contributed by atoms with Gasteiger partial charge in [0, 0.05) is 0 Å². The van der Waals surface area contributed by atoms with Gasteiger partial charge in [-0.3, -0.25) is 0 Å². The first-order valence-electron chi connectivity index (χ1n) is 4.36. The standard InChI is InChI=1S/C10H15.Hf/c1-3-4-5-10-7-6-9(2)8-10;/h7H,3-6H2,1-2H3;. The molecule has 0 unspecified atom stereocenters. The van der Waals surface area contributed by atoms with Gasteiger partial charge in [-0.15, -0.1) is 0 Å². The zero-order chi connectivity index (χ0) is 8.27. The second kappa shape index (κ2) is 4.39. The minimum absolute atomic E-state index is 1.23. The van der Waals surface area contributed by atoms with Gasteiger partial charge in [0.2, 0.25) is 0 Å². The summed E-state index contributed by atoms with van der Waals surface area (Å²) < 4.78 is 1.69. The van der Waals surface area contributed by atoms with Crippen LogP contribution in [0.15, 0.2) is 20.6 Å². The zero-order valence-corrected chi connectivity index (χ0v) is 11.0. The van der Waals surface area contributed by atoms with Crippen LogP contribution in [0.2, 0.25) is 0 Å². The molecule has 0 fully saturated rings. The predicted octanol–water partition coefficient (Wildman–Crippen LogP) is 3.33. The monoisotopic (exact) mass is 315 g/mol. The summed E-state index contributed by atoms with van der Waals surface area (Å²) in [5, 5.41) is 0. The van der Waals surface area contributed by atoms with Crippen LogP contribution in [0, 0.1) is 0 Å². The molecule has 1 rings (SSSR count). The van der Waals surface area contributed by atoms with Crippen molar-refractivity contribution >= 4 is 0 Å². The van der Waals surface area contributed by atoms with Crippen LogP contribution >= 0.6 is 0 Å². The Hall–Kier alpha value is 0.350. The van der Waals surface area contributed by atoms with E-state index in [0.29, 0.717) is 0 Å². The molecule has 0 spiro atoms. The second-order valence-electron chi connectivity index (χ2n) is 3.19. The molecular formula is C10H15Hf. The number of hydrogen-bond acceptors (Lipinski definition) is 0. The first kappa shape index (κ1) is 9.44. The molecule has 0 nitrogen and oxygen atoms in total. The van der Waals surface area contributed by atoms with Gasteiger partial charge in [0.05, 0.1) is 0 Å². The fraction of sp³-hybridized carbons (Fsp3) is 0.600. The predicted molar refractivity (Wildman–Crippen MR) is 44.9 cm³/mol. The molecule has 0 aromatic carbocycles. The van der Waals surface area contributed by atoms with Crippen LogP contribution in [0.3, 0.4) is 0 Å². The van der Waals surface area contributed by atoms with Gasteiger partial charge in [-0.05, 0) is 0 Å². The van der Waals surface area contributed by atoms with Crippen LogP contribution in [0.5, 0.6) is 0 Å². The SMILES string of the molecule is CCCCC1=CCC(C)=[C]1[Hf]. The van der Waals surface area contributed by atoms with Crippen LogP contribution in [0.4, 0.5) is 0 Å². The van der Waals surface area contributed by atoms with Gasteiger partial charge in [0.15, 0.2) is 0 Å². The van der Waals surface area contributed by atoms with Crippen LogP contribution < -0.4 is 0 Å². The molecule has 0 saturated carbocycles. The van der Waals surface area contributed by atoms with Crippen molar-refractivity contribution in [2.45, 2.75) is 39.5 Å². The van der Waals surface area contributed by atoms with Crippen LogP contribution in [0.25, 0.3) is 0 Å². The topological polar surface area (TPSA) is 0 Å². The third-order valence-electron chi connectivity index (χ3n) is 2.20. The van der Waals surface area contributed by atoms with Crippen molar-refractivity contribution < 1.29 is 24.4 Å². The molecule has 0 radical (unpaired) electrons. The molecule has 0 N–H and O–H groups in total. The maximum atomic E-state index is 2.42. The van der Waals surface area contributed by atoms with E-state index in [0.717, 1.165) is 0 Å². The summed E-state index contributed by atoms with van der Waals surface area (Å²) in [5.74, 6) is 0. The van der Waals surface area contributed by atoms with Gasteiger partial charge in [-0.2, -0.15) is 0 Å². The summed E-state index contributed by atoms with van der Waals surface area (Å²) in [7, 11) is 0. The van der Waals surface area contributed by atoms with Crippen molar-refractivity contribution in [3.8, 4) is 0 Å². The number of rotatable bonds is 3. The molecule has 0 heterocycles. The molecule has 0 atom stereocenters. The van der Waals surface area contributed by atoms with Gasteiger partial charge in [0.25, 0.3) is 0 Å². The first-order chi connectivity index (χ1) is 5.25. The van der Waals surface area contributed by atoms with E-state index < -0.39 is 0 Å². The van der Waals surface area contributed by atoms with Crippen molar-refractivity contribution in [2.24, 2.45) is 0 Å². The van der Waals surface area contributed by atoms with Gasteiger partial charge < -0.3 is 0 Å². The molecule has 1 aliphatic rings. The zero-order valence-electron chi connectivity index (χ0n) is 7.41. The Kier molecular flexibility index (Phi) is 3.77. The minimum atomic E-state index is 1.23. The van der Waals surface area contributed by atoms with E-state index in [1.54, 1.807) is 14.5 Å². The average molecular weight is 314 g/mol. The molecule has 0 amide bonds. The summed E-state index contributed by atoms with van der Waals surface area (Å²) in [6.07, 6.45) is 7.67. The molecule has 1 heteroatoms. The van der Waals surface area contributed by atoms with Crippen LogP contribution in [-0.4, -0.2) is 0 Å². The molecule has 0 aliphatic heterocycles. The third kappa shape index (κ3) is 2.40. The summed E-state index contributed by atoms with van der Waals surface area (Å²) in [6, 6.07) is 0. The maximum absolute atomic E-state index is 2.42. The summed E-state index contributed by atoms with van der Waals surface area (Å²) in [6.45, 7) is 4.54. The van der Waals surface area contributed by atoms with Crippen molar-refractivity contribution in [1.82, 2.24) is 0 Å². The van der Waals surface area contributed by atoms with Crippen molar-refractivity contribution in [2.75, 3.05) is 0 Å². The van der Waals surface area contributed by atoms with E-state index in [-0.39, 0.29) is 0 Å². The Morgan fingerprint density at radius 3 is 2.73 bits per heavy atom. The number of unbranched alkanes of at least 4 members (excludes halogenated alkanes) is 1. The molecule has 1 aliphatic carbocycles. The van der Waals surface area contributed by atoms with E-state index in [9.17, 15) is 0 Å². The summed E-state index contributed by atoms with van der Waals surface area (Å²) in [4.78, 5) is 0. The molecule has 0 aromatic rings. The van der Waals surface area contributed by atoms with Crippen LogP contribution in [-0.2, 0) is 24.4 Å². The fourth-order valence-electron chi connectivity index (χ4n) is 1.35. The Bertz CT molecular complexity index is 199. The van der Waals surface area contributed by atoms with Gasteiger partial charge in [0.1, 0.15) is 0 Å². The summed E-state index contributed by atoms with van der Waals surface area (Å²) in [5.41, 5.74) is 3.29. The Balaban J connectivity index is 2.48. The molecule has 59 valence electrons. The molecule has 11 heavy (non-hydrogen) atoms. The molecule has 0 bridgehead atoms. The Morgan fingerprint density at radius 1 is 1.55 bits per heavy atom. The normalized spacial score (nSPS) is 17.4. The van der Waals surface area contributed by atoms with Crippen molar-refractivity contribution in [1.29, 1.82) is 0 Å². The molecule has 0 saturated heterocycles. The van der Waals surface area contributed by atoms with Gasteiger partial charge >= 0.3 is 84.5 Å². The van der Waals surface area contributed by atoms with E-state index in [1.807, 2.05) is 0 Å². The fourth-order valence-corrected chi connectivity index (χ4v) is 2.53. The Morgan fingerprint density at radius 2 is 2.27 bits per heavy atom. The van der Waals surface area contributed by atoms with E-state index >= 15 is 0 Å². The quantitative estimate of drug-likeness (QED) is 0.701.